The molecule has 1 aromatic carbocycles. The zero-order chi connectivity index (χ0) is 13.9. The number of hydrogen-bond acceptors (Lipinski definition) is 3. The molecule has 0 radical (unpaired) electrons. The number of carbonyl (C=O) groups is 2. The van der Waals surface area contributed by atoms with Crippen molar-refractivity contribution in [2.24, 2.45) is 5.41 Å². The summed E-state index contributed by atoms with van der Waals surface area (Å²) in [6.07, 6.45) is 2.77. The summed E-state index contributed by atoms with van der Waals surface area (Å²) in [5, 5.41) is 21.0. The monoisotopic (exact) mass is 263 g/mol. The van der Waals surface area contributed by atoms with Crippen LogP contribution in [0.3, 0.4) is 0 Å². The smallest absolute Gasteiger partial charge is 0.303 e. The topological polar surface area (TPSA) is 86.6 Å². The summed E-state index contributed by atoms with van der Waals surface area (Å²) >= 11 is 0. The Hall–Kier alpha value is -2.04. The van der Waals surface area contributed by atoms with Crippen LogP contribution in [-0.4, -0.2) is 28.6 Å². The summed E-state index contributed by atoms with van der Waals surface area (Å²) in [6, 6.07) is 6.09. The molecule has 2 rings (SSSR count). The third-order valence-corrected chi connectivity index (χ3v) is 3.67. The maximum absolute atomic E-state index is 11.9. The van der Waals surface area contributed by atoms with Gasteiger partial charge in [0, 0.05) is 12.1 Å². The maximum atomic E-state index is 11.9. The van der Waals surface area contributed by atoms with E-state index in [2.05, 4.69) is 5.32 Å². The SMILES string of the molecule is O=C(O)CC1(CNC(=O)c2cccc(O)c2)CCC1. The number of phenolic OH excluding ortho intramolecular Hbond substituents is 1. The average Bonchev–Trinajstić information content (AvgIpc) is 2.31. The molecule has 3 N–H and O–H groups in total. The fraction of sp³-hybridized carbons (Fsp3) is 0.429. The molecule has 1 fully saturated rings. The van der Waals surface area contributed by atoms with E-state index in [1.54, 1.807) is 12.1 Å². The Morgan fingerprint density at radius 2 is 2.05 bits per heavy atom. The second-order valence-corrected chi connectivity index (χ2v) is 5.16. The maximum Gasteiger partial charge on any atom is 0.303 e. The van der Waals surface area contributed by atoms with Gasteiger partial charge in [0.05, 0.1) is 6.42 Å². The number of aliphatic carboxylic acids is 1. The van der Waals surface area contributed by atoms with Crippen molar-refractivity contribution in [1.29, 1.82) is 0 Å². The van der Waals surface area contributed by atoms with Crippen LogP contribution in [0, 0.1) is 5.41 Å². The van der Waals surface area contributed by atoms with Gasteiger partial charge in [-0.2, -0.15) is 0 Å². The van der Waals surface area contributed by atoms with Crippen LogP contribution in [-0.2, 0) is 4.79 Å². The van der Waals surface area contributed by atoms with Crippen LogP contribution in [0.4, 0.5) is 0 Å². The van der Waals surface area contributed by atoms with E-state index in [4.69, 9.17) is 5.11 Å². The second kappa shape index (κ2) is 5.30. The first kappa shape index (κ1) is 13.4. The number of benzene rings is 1. The van der Waals surface area contributed by atoms with E-state index < -0.39 is 5.97 Å². The molecule has 0 saturated heterocycles. The van der Waals surface area contributed by atoms with Crippen molar-refractivity contribution in [3.05, 3.63) is 29.8 Å². The minimum absolute atomic E-state index is 0.0385. The van der Waals surface area contributed by atoms with Crippen molar-refractivity contribution in [2.75, 3.05) is 6.54 Å². The Morgan fingerprint density at radius 3 is 2.58 bits per heavy atom. The first-order chi connectivity index (χ1) is 9.01. The van der Waals surface area contributed by atoms with Crippen molar-refractivity contribution in [3.8, 4) is 5.75 Å². The fourth-order valence-corrected chi connectivity index (χ4v) is 2.43. The van der Waals surface area contributed by atoms with Crippen LogP contribution in [0.15, 0.2) is 24.3 Å². The highest BCUT2D eigenvalue weighted by molar-refractivity contribution is 5.94. The molecule has 1 saturated carbocycles. The van der Waals surface area contributed by atoms with Gasteiger partial charge < -0.3 is 15.5 Å². The predicted molar refractivity (Wildman–Crippen MR) is 69.0 cm³/mol. The van der Waals surface area contributed by atoms with Crippen LogP contribution in [0.5, 0.6) is 5.75 Å². The fourth-order valence-electron chi connectivity index (χ4n) is 2.43. The molecule has 1 aliphatic carbocycles. The molecule has 19 heavy (non-hydrogen) atoms. The number of carboxylic acid groups (broad SMARTS) is 1. The van der Waals surface area contributed by atoms with E-state index in [1.165, 1.54) is 12.1 Å². The highest BCUT2D eigenvalue weighted by Crippen LogP contribution is 2.43. The largest absolute Gasteiger partial charge is 0.508 e. The Bertz CT molecular complexity index is 494. The molecule has 0 spiro atoms. The lowest BCUT2D eigenvalue weighted by molar-refractivity contribution is -0.141. The molecular weight excluding hydrogens is 246 g/mol. The average molecular weight is 263 g/mol. The van der Waals surface area contributed by atoms with E-state index >= 15 is 0 Å². The van der Waals surface area contributed by atoms with Gasteiger partial charge in [0.1, 0.15) is 5.75 Å². The lowest BCUT2D eigenvalue weighted by Gasteiger charge is -2.40. The number of carboxylic acids is 1. The molecule has 102 valence electrons. The van der Waals surface area contributed by atoms with Gasteiger partial charge in [0.2, 0.25) is 0 Å². The Balaban J connectivity index is 1.94. The van der Waals surface area contributed by atoms with Gasteiger partial charge in [-0.05, 0) is 36.5 Å². The zero-order valence-electron chi connectivity index (χ0n) is 10.6. The van der Waals surface area contributed by atoms with Gasteiger partial charge in [0.15, 0.2) is 0 Å². The van der Waals surface area contributed by atoms with Gasteiger partial charge in [-0.1, -0.05) is 12.5 Å². The molecule has 1 aromatic rings. The molecule has 5 nitrogen and oxygen atoms in total. The third kappa shape index (κ3) is 3.24. The van der Waals surface area contributed by atoms with Gasteiger partial charge in [-0.25, -0.2) is 0 Å². The van der Waals surface area contributed by atoms with Crippen molar-refractivity contribution in [2.45, 2.75) is 25.7 Å². The van der Waals surface area contributed by atoms with Crippen molar-refractivity contribution >= 4 is 11.9 Å². The molecule has 5 heteroatoms. The Kier molecular flexibility index (Phi) is 3.74. The molecular formula is C14H17NO4. The van der Waals surface area contributed by atoms with Crippen LogP contribution < -0.4 is 5.32 Å². The Morgan fingerprint density at radius 1 is 1.32 bits per heavy atom. The number of amides is 1. The highest BCUT2D eigenvalue weighted by atomic mass is 16.4. The summed E-state index contributed by atoms with van der Waals surface area (Å²) in [4.78, 5) is 22.7. The minimum atomic E-state index is -0.827. The van der Waals surface area contributed by atoms with E-state index in [-0.39, 0.29) is 23.5 Å². The van der Waals surface area contributed by atoms with Crippen LogP contribution in [0.1, 0.15) is 36.0 Å². The van der Waals surface area contributed by atoms with Gasteiger partial charge in [-0.15, -0.1) is 0 Å². The van der Waals surface area contributed by atoms with E-state index in [0.29, 0.717) is 12.1 Å². The number of carbonyl (C=O) groups excluding carboxylic acids is 1. The molecule has 1 aliphatic rings. The van der Waals surface area contributed by atoms with Crippen molar-refractivity contribution < 1.29 is 19.8 Å². The van der Waals surface area contributed by atoms with Gasteiger partial charge in [0.25, 0.3) is 5.91 Å². The molecule has 0 aliphatic heterocycles. The zero-order valence-corrected chi connectivity index (χ0v) is 10.6. The first-order valence-electron chi connectivity index (χ1n) is 6.30. The Labute approximate surface area is 111 Å². The third-order valence-electron chi connectivity index (χ3n) is 3.67. The molecule has 0 bridgehead atoms. The van der Waals surface area contributed by atoms with Crippen LogP contribution in [0.25, 0.3) is 0 Å². The van der Waals surface area contributed by atoms with Crippen molar-refractivity contribution in [3.63, 3.8) is 0 Å². The number of phenols is 1. The van der Waals surface area contributed by atoms with Crippen LogP contribution >= 0.6 is 0 Å². The normalized spacial score (nSPS) is 16.4. The van der Waals surface area contributed by atoms with E-state index in [9.17, 15) is 14.7 Å². The summed E-state index contributed by atoms with van der Waals surface area (Å²) in [5.74, 6) is -1.07. The number of aromatic hydroxyl groups is 1. The van der Waals surface area contributed by atoms with Gasteiger partial charge >= 0.3 is 5.97 Å². The second-order valence-electron chi connectivity index (χ2n) is 5.16. The van der Waals surface area contributed by atoms with Gasteiger partial charge in [-0.3, -0.25) is 9.59 Å². The molecule has 0 heterocycles. The number of hydrogen-bond donors (Lipinski definition) is 3. The molecule has 0 atom stereocenters. The molecule has 0 aromatic heterocycles. The standard InChI is InChI=1S/C14H17NO4/c16-11-4-1-3-10(7-11)13(19)15-9-14(5-2-6-14)8-12(17)18/h1,3-4,7,16H,2,5-6,8-9H2,(H,15,19)(H,17,18). The summed E-state index contributed by atoms with van der Waals surface area (Å²) in [5.41, 5.74) is 0.0861. The summed E-state index contributed by atoms with van der Waals surface area (Å²) in [6.45, 7) is 0.369. The lowest BCUT2D eigenvalue weighted by atomic mass is 9.66. The van der Waals surface area contributed by atoms with E-state index in [1.807, 2.05) is 0 Å². The minimum Gasteiger partial charge on any atom is -0.508 e. The predicted octanol–water partition coefficient (Wildman–Crippen LogP) is 1.77. The summed E-state index contributed by atoms with van der Waals surface area (Å²) < 4.78 is 0. The van der Waals surface area contributed by atoms with E-state index in [0.717, 1.165) is 19.3 Å². The number of nitrogens with one attached hydrogen (secondary N) is 1. The number of rotatable bonds is 5. The molecule has 0 unspecified atom stereocenters. The highest BCUT2D eigenvalue weighted by Gasteiger charge is 2.39. The molecule has 1 amide bonds. The first-order valence-corrected chi connectivity index (χ1v) is 6.30. The van der Waals surface area contributed by atoms with Crippen molar-refractivity contribution in [1.82, 2.24) is 5.32 Å². The lowest BCUT2D eigenvalue weighted by Crippen LogP contribution is -2.43. The quantitative estimate of drug-likeness (QED) is 0.755. The summed E-state index contributed by atoms with van der Waals surface area (Å²) in [7, 11) is 0. The van der Waals surface area contributed by atoms with Crippen LogP contribution in [0.2, 0.25) is 0 Å².